The number of benzene rings is 2. The van der Waals surface area contributed by atoms with Gasteiger partial charge >= 0.3 is 0 Å². The van der Waals surface area contributed by atoms with Crippen molar-refractivity contribution in [3.8, 4) is 0 Å². The van der Waals surface area contributed by atoms with Gasteiger partial charge in [-0.1, -0.05) is 54.4 Å². The van der Waals surface area contributed by atoms with Gasteiger partial charge in [0.05, 0.1) is 11.9 Å². The maximum absolute atomic E-state index is 13.3. The molecule has 2 amide bonds. The Morgan fingerprint density at radius 2 is 1.71 bits per heavy atom. The van der Waals surface area contributed by atoms with Crippen molar-refractivity contribution in [2.45, 2.75) is 52.6 Å². The van der Waals surface area contributed by atoms with Crippen LogP contribution in [0, 0.1) is 6.92 Å². The van der Waals surface area contributed by atoms with E-state index >= 15 is 0 Å². The monoisotopic (exact) mass is 507 g/mol. The van der Waals surface area contributed by atoms with E-state index in [-0.39, 0.29) is 31.3 Å². The van der Waals surface area contributed by atoms with E-state index in [1.807, 2.05) is 51.1 Å². The van der Waals surface area contributed by atoms with E-state index in [0.29, 0.717) is 30.1 Å². The van der Waals surface area contributed by atoms with Crippen molar-refractivity contribution in [2.24, 2.45) is 0 Å². The van der Waals surface area contributed by atoms with E-state index in [4.69, 9.17) is 11.6 Å². The molecular formula is C25H34ClN3O4S. The second-order valence-electron chi connectivity index (χ2n) is 8.21. The zero-order chi connectivity index (χ0) is 25.3. The molecule has 0 bridgehead atoms. The number of halogens is 1. The maximum Gasteiger partial charge on any atom is 0.242 e. The van der Waals surface area contributed by atoms with Crippen molar-refractivity contribution in [3.05, 3.63) is 64.7 Å². The van der Waals surface area contributed by atoms with Crippen molar-refractivity contribution in [2.75, 3.05) is 23.7 Å². The number of hydrogen-bond acceptors (Lipinski definition) is 4. The average molecular weight is 508 g/mol. The molecule has 2 rings (SSSR count). The van der Waals surface area contributed by atoms with Crippen LogP contribution in [-0.2, 0) is 26.2 Å². The summed E-state index contributed by atoms with van der Waals surface area (Å²) in [4.78, 5) is 27.6. The van der Waals surface area contributed by atoms with Gasteiger partial charge in [0, 0.05) is 31.1 Å². The molecule has 2 aromatic carbocycles. The van der Waals surface area contributed by atoms with Crippen LogP contribution in [0.3, 0.4) is 0 Å². The molecule has 0 aliphatic rings. The molecular weight excluding hydrogens is 474 g/mol. The Kier molecular flexibility index (Phi) is 10.4. The van der Waals surface area contributed by atoms with Gasteiger partial charge in [-0.25, -0.2) is 8.42 Å². The van der Waals surface area contributed by atoms with Crippen LogP contribution in [0.1, 0.15) is 44.2 Å². The van der Waals surface area contributed by atoms with Gasteiger partial charge in [-0.05, 0) is 50.5 Å². The van der Waals surface area contributed by atoms with E-state index in [2.05, 4.69) is 5.32 Å². The lowest BCUT2D eigenvalue weighted by Crippen LogP contribution is -2.49. The minimum atomic E-state index is -3.52. The van der Waals surface area contributed by atoms with Crippen LogP contribution in [-0.4, -0.2) is 50.5 Å². The highest BCUT2D eigenvalue weighted by molar-refractivity contribution is 7.92. The van der Waals surface area contributed by atoms with Crippen LogP contribution in [0.15, 0.2) is 48.5 Å². The molecule has 0 unspecified atom stereocenters. The van der Waals surface area contributed by atoms with Crippen LogP contribution in [0.4, 0.5) is 5.69 Å². The number of aryl methyl sites for hydroxylation is 1. The number of sulfonamides is 1. The molecule has 0 fully saturated rings. The Hall–Kier alpha value is -2.58. The number of anilines is 1. The number of rotatable bonds is 12. The normalized spacial score (nSPS) is 12.1. The summed E-state index contributed by atoms with van der Waals surface area (Å²) in [5, 5.41) is 3.32. The summed E-state index contributed by atoms with van der Waals surface area (Å²) < 4.78 is 26.1. The van der Waals surface area contributed by atoms with Gasteiger partial charge in [0.1, 0.15) is 6.04 Å². The van der Waals surface area contributed by atoms with Crippen LogP contribution < -0.4 is 9.62 Å². The molecule has 186 valence electrons. The van der Waals surface area contributed by atoms with Gasteiger partial charge < -0.3 is 10.2 Å². The highest BCUT2D eigenvalue weighted by atomic mass is 35.5. The van der Waals surface area contributed by atoms with Crippen molar-refractivity contribution >= 4 is 39.1 Å². The molecule has 0 aliphatic heterocycles. The fraction of sp³-hybridized carbons (Fsp3) is 0.440. The first-order chi connectivity index (χ1) is 16.1. The van der Waals surface area contributed by atoms with Gasteiger partial charge in [-0.2, -0.15) is 0 Å². The van der Waals surface area contributed by atoms with Crippen molar-refractivity contribution in [1.29, 1.82) is 0 Å². The maximum atomic E-state index is 13.3. The lowest BCUT2D eigenvalue weighted by atomic mass is 10.1. The highest BCUT2D eigenvalue weighted by Crippen LogP contribution is 2.22. The molecule has 9 heteroatoms. The number of amides is 2. The first-order valence-electron chi connectivity index (χ1n) is 11.4. The number of carbonyl (C=O) groups is 2. The first-order valence-corrected chi connectivity index (χ1v) is 13.7. The summed E-state index contributed by atoms with van der Waals surface area (Å²) in [5.74, 6) is -0.446. The number of nitrogens with one attached hydrogen (secondary N) is 1. The molecule has 1 atom stereocenters. The minimum Gasteiger partial charge on any atom is -0.355 e. The molecule has 1 N–H and O–H groups in total. The van der Waals surface area contributed by atoms with Gasteiger partial charge in [-0.15, -0.1) is 0 Å². The van der Waals surface area contributed by atoms with Crippen LogP contribution in [0.2, 0.25) is 5.02 Å². The molecule has 0 heterocycles. The third kappa shape index (κ3) is 7.74. The first kappa shape index (κ1) is 27.7. The smallest absolute Gasteiger partial charge is 0.242 e. The molecule has 0 spiro atoms. The van der Waals surface area contributed by atoms with E-state index in [1.54, 1.807) is 23.1 Å². The number of hydrogen-bond donors (Lipinski definition) is 1. The lowest BCUT2D eigenvalue weighted by Gasteiger charge is -2.31. The second-order valence-corrected chi connectivity index (χ2v) is 10.5. The Balaban J connectivity index is 2.20. The zero-order valence-corrected chi connectivity index (χ0v) is 21.8. The SMILES string of the molecule is CCNC(=O)[C@H](CC)N(Cc1ccccc1Cl)C(=O)CCCN(c1ccc(C)cc1)S(C)(=O)=O. The molecule has 2 aromatic rings. The Bertz CT molecular complexity index is 1070. The molecule has 7 nitrogen and oxygen atoms in total. The second kappa shape index (κ2) is 12.8. The molecule has 0 radical (unpaired) electrons. The fourth-order valence-electron chi connectivity index (χ4n) is 3.74. The van der Waals surface area contributed by atoms with Crippen molar-refractivity contribution in [1.82, 2.24) is 10.2 Å². The van der Waals surface area contributed by atoms with Gasteiger partial charge in [-0.3, -0.25) is 13.9 Å². The Labute approximate surface area is 208 Å². The Morgan fingerprint density at radius 1 is 1.06 bits per heavy atom. The quantitative estimate of drug-likeness (QED) is 0.467. The molecule has 0 aromatic heterocycles. The van der Waals surface area contributed by atoms with Crippen molar-refractivity contribution in [3.63, 3.8) is 0 Å². The fourth-order valence-corrected chi connectivity index (χ4v) is 4.90. The van der Waals surface area contributed by atoms with E-state index in [1.165, 1.54) is 4.31 Å². The van der Waals surface area contributed by atoms with Crippen LogP contribution in [0.5, 0.6) is 0 Å². The average Bonchev–Trinajstić information content (AvgIpc) is 2.78. The van der Waals surface area contributed by atoms with Gasteiger partial charge in [0.2, 0.25) is 21.8 Å². The molecule has 0 saturated heterocycles. The van der Waals surface area contributed by atoms with E-state index in [9.17, 15) is 18.0 Å². The third-order valence-corrected chi connectivity index (χ3v) is 7.07. The van der Waals surface area contributed by atoms with E-state index < -0.39 is 16.1 Å². The highest BCUT2D eigenvalue weighted by Gasteiger charge is 2.29. The summed E-state index contributed by atoms with van der Waals surface area (Å²) in [6.07, 6.45) is 2.00. The van der Waals surface area contributed by atoms with Crippen LogP contribution >= 0.6 is 11.6 Å². The molecule has 0 aliphatic carbocycles. The largest absolute Gasteiger partial charge is 0.355 e. The zero-order valence-electron chi connectivity index (χ0n) is 20.3. The predicted octanol–water partition coefficient (Wildman–Crippen LogP) is 4.14. The number of carbonyl (C=O) groups excluding carboxylic acids is 2. The molecule has 34 heavy (non-hydrogen) atoms. The summed E-state index contributed by atoms with van der Waals surface area (Å²) in [5.41, 5.74) is 2.33. The van der Waals surface area contributed by atoms with Gasteiger partial charge in [0.15, 0.2) is 0 Å². The lowest BCUT2D eigenvalue weighted by molar-refractivity contribution is -0.141. The third-order valence-electron chi connectivity index (χ3n) is 5.51. The number of nitrogens with zero attached hydrogens (tertiary/aromatic N) is 2. The Morgan fingerprint density at radius 3 is 2.26 bits per heavy atom. The number of likely N-dealkylation sites (N-methyl/N-ethyl adjacent to an activating group) is 1. The summed E-state index contributed by atoms with van der Waals surface area (Å²) >= 11 is 6.32. The van der Waals surface area contributed by atoms with E-state index in [0.717, 1.165) is 17.4 Å². The predicted molar refractivity (Wildman–Crippen MR) is 137 cm³/mol. The topological polar surface area (TPSA) is 86.8 Å². The van der Waals surface area contributed by atoms with Crippen molar-refractivity contribution < 1.29 is 18.0 Å². The standard InChI is InChI=1S/C25H34ClN3O4S/c1-5-23(25(31)27-6-2)28(18-20-10-7-8-11-22(20)26)24(30)12-9-17-29(34(4,32)33)21-15-13-19(3)14-16-21/h7-8,10-11,13-16,23H,5-6,9,12,17-18H2,1-4H3,(H,27,31)/t23-/m0/s1. The summed E-state index contributed by atoms with van der Waals surface area (Å²) in [6.45, 7) is 6.43. The van der Waals surface area contributed by atoms with Gasteiger partial charge in [0.25, 0.3) is 0 Å². The summed E-state index contributed by atoms with van der Waals surface area (Å²) in [6, 6.07) is 13.8. The molecule has 0 saturated carbocycles. The minimum absolute atomic E-state index is 0.0955. The van der Waals surface area contributed by atoms with Crippen LogP contribution in [0.25, 0.3) is 0 Å². The summed E-state index contributed by atoms with van der Waals surface area (Å²) in [7, 11) is -3.52.